The van der Waals surface area contributed by atoms with E-state index in [1.165, 1.54) is 11.0 Å². The number of nitrogens with zero attached hydrogens (tertiary/aromatic N) is 1. The minimum absolute atomic E-state index is 0.0391. The molecule has 2 rings (SSSR count). The summed E-state index contributed by atoms with van der Waals surface area (Å²) in [5.41, 5.74) is 0.296. The summed E-state index contributed by atoms with van der Waals surface area (Å²) in [7, 11) is 0. The van der Waals surface area contributed by atoms with Crippen molar-refractivity contribution >= 4 is 27.9 Å². The number of halogens is 3. The number of carbonyl (C=O) groups excluding carboxylic acids is 2. The predicted octanol–water partition coefficient (Wildman–Crippen LogP) is 4.19. The Balaban J connectivity index is 1.87. The molecule has 1 aliphatic heterocycles. The number of rotatable bonds is 5. The highest BCUT2D eigenvalue weighted by molar-refractivity contribution is 9.10. The first-order valence-electron chi connectivity index (χ1n) is 8.37. The summed E-state index contributed by atoms with van der Waals surface area (Å²) in [4.78, 5) is 25.4. The molecule has 0 fully saturated rings. The third kappa shape index (κ3) is 5.40. The van der Waals surface area contributed by atoms with Gasteiger partial charge in [0, 0.05) is 24.6 Å². The molecule has 0 unspecified atom stereocenters. The smallest absolute Gasteiger partial charge is 0.407 e. The van der Waals surface area contributed by atoms with E-state index in [2.05, 4.69) is 21.2 Å². The van der Waals surface area contributed by atoms with E-state index in [4.69, 9.17) is 4.74 Å². The third-order valence-corrected chi connectivity index (χ3v) is 4.42. The second-order valence-electron chi connectivity index (χ2n) is 7.49. The Morgan fingerprint density at radius 2 is 2.08 bits per heavy atom. The van der Waals surface area contributed by atoms with E-state index >= 15 is 0 Å². The van der Waals surface area contributed by atoms with Crippen molar-refractivity contribution in [2.75, 3.05) is 6.54 Å². The van der Waals surface area contributed by atoms with E-state index in [9.17, 15) is 18.4 Å². The van der Waals surface area contributed by atoms with Crippen LogP contribution in [0.3, 0.4) is 0 Å². The molecule has 2 atom stereocenters. The largest absolute Gasteiger partial charge is 0.444 e. The zero-order valence-electron chi connectivity index (χ0n) is 15.2. The fraction of sp³-hybridized carbons (Fsp3) is 0.556. The van der Waals surface area contributed by atoms with Crippen LogP contribution in [-0.4, -0.2) is 41.3 Å². The second-order valence-corrected chi connectivity index (χ2v) is 8.34. The highest BCUT2D eigenvalue weighted by Gasteiger charge is 2.31. The number of alkyl carbamates (subject to hydrolysis) is 1. The number of alkyl halides is 1. The van der Waals surface area contributed by atoms with Gasteiger partial charge < -0.3 is 15.0 Å². The lowest BCUT2D eigenvalue weighted by atomic mass is 10.1. The van der Waals surface area contributed by atoms with Gasteiger partial charge in [-0.3, -0.25) is 4.79 Å². The van der Waals surface area contributed by atoms with E-state index < -0.39 is 29.7 Å². The average molecular weight is 433 g/mol. The standard InChI is InChI=1S/C18H23BrF2N2O3/c1-10(22-17(25)26-18(2,3)4)5-12(20)9-23-8-11-6-14(19)15(21)7-13(11)16(23)24/h6-7,10,12H,5,8-9H2,1-4H3,(H,22,25)/t10-,12+/m0/s1. The Bertz CT molecular complexity index is 706. The third-order valence-electron chi connectivity index (χ3n) is 3.82. The molecular formula is C18H23BrF2N2O3. The zero-order chi connectivity index (χ0) is 19.6. The molecule has 8 heteroatoms. The lowest BCUT2D eigenvalue weighted by molar-refractivity contribution is 0.0492. The van der Waals surface area contributed by atoms with Crippen molar-refractivity contribution in [1.82, 2.24) is 10.2 Å². The van der Waals surface area contributed by atoms with E-state index in [0.29, 0.717) is 5.56 Å². The van der Waals surface area contributed by atoms with Crippen LogP contribution in [0.4, 0.5) is 13.6 Å². The molecule has 2 amide bonds. The van der Waals surface area contributed by atoms with Crippen LogP contribution >= 0.6 is 15.9 Å². The molecule has 1 aromatic rings. The number of hydrogen-bond acceptors (Lipinski definition) is 3. The van der Waals surface area contributed by atoms with Crippen molar-refractivity contribution in [3.63, 3.8) is 0 Å². The summed E-state index contributed by atoms with van der Waals surface area (Å²) >= 11 is 3.08. The fourth-order valence-electron chi connectivity index (χ4n) is 2.78. The van der Waals surface area contributed by atoms with Crippen LogP contribution < -0.4 is 5.32 Å². The molecule has 0 spiro atoms. The summed E-state index contributed by atoms with van der Waals surface area (Å²) in [6, 6.07) is 2.26. The van der Waals surface area contributed by atoms with Crippen molar-refractivity contribution in [3.8, 4) is 0 Å². The zero-order valence-corrected chi connectivity index (χ0v) is 16.8. The predicted molar refractivity (Wildman–Crippen MR) is 97.2 cm³/mol. The number of carbonyl (C=O) groups is 2. The van der Waals surface area contributed by atoms with E-state index in [1.807, 2.05) is 0 Å². The van der Waals surface area contributed by atoms with Crippen molar-refractivity contribution < 1.29 is 23.1 Å². The van der Waals surface area contributed by atoms with Crippen LogP contribution in [0, 0.1) is 5.82 Å². The van der Waals surface area contributed by atoms with Crippen molar-refractivity contribution in [3.05, 3.63) is 33.5 Å². The Hall–Kier alpha value is -1.70. The Morgan fingerprint density at radius 1 is 1.42 bits per heavy atom. The Labute approximate surface area is 160 Å². The molecule has 26 heavy (non-hydrogen) atoms. The van der Waals surface area contributed by atoms with Crippen LogP contribution in [0.1, 0.15) is 50.0 Å². The molecular weight excluding hydrogens is 410 g/mol. The Kier molecular flexibility index (Phi) is 6.26. The number of benzene rings is 1. The van der Waals surface area contributed by atoms with Gasteiger partial charge in [0.2, 0.25) is 0 Å². The molecule has 0 bridgehead atoms. The molecule has 1 N–H and O–H groups in total. The minimum Gasteiger partial charge on any atom is -0.444 e. The van der Waals surface area contributed by atoms with Gasteiger partial charge in [-0.05, 0) is 61.3 Å². The molecule has 0 radical (unpaired) electrons. The average Bonchev–Trinajstić information content (AvgIpc) is 2.73. The van der Waals surface area contributed by atoms with Gasteiger partial charge in [0.25, 0.3) is 5.91 Å². The summed E-state index contributed by atoms with van der Waals surface area (Å²) in [6.07, 6.45) is -1.90. The normalized spacial score (nSPS) is 16.3. The van der Waals surface area contributed by atoms with Gasteiger partial charge in [-0.2, -0.15) is 0 Å². The van der Waals surface area contributed by atoms with Crippen LogP contribution in [0.25, 0.3) is 0 Å². The maximum absolute atomic E-state index is 14.4. The Morgan fingerprint density at radius 3 is 2.69 bits per heavy atom. The van der Waals surface area contributed by atoms with Crippen molar-refractivity contribution in [2.45, 2.75) is 58.5 Å². The molecule has 0 saturated carbocycles. The lowest BCUT2D eigenvalue weighted by Gasteiger charge is -2.24. The maximum atomic E-state index is 14.4. The first-order valence-corrected chi connectivity index (χ1v) is 9.16. The van der Waals surface area contributed by atoms with Gasteiger partial charge in [-0.1, -0.05) is 0 Å². The van der Waals surface area contributed by atoms with Crippen LogP contribution in [0.2, 0.25) is 0 Å². The number of fused-ring (bicyclic) bond motifs is 1. The van der Waals surface area contributed by atoms with Gasteiger partial charge in [0.1, 0.15) is 17.6 Å². The van der Waals surface area contributed by atoms with Gasteiger partial charge in [0.05, 0.1) is 11.0 Å². The van der Waals surface area contributed by atoms with Crippen LogP contribution in [-0.2, 0) is 11.3 Å². The summed E-state index contributed by atoms with van der Waals surface area (Å²) in [6.45, 7) is 7.02. The monoisotopic (exact) mass is 432 g/mol. The number of amides is 2. The number of ether oxygens (including phenoxy) is 1. The highest BCUT2D eigenvalue weighted by atomic mass is 79.9. The van der Waals surface area contributed by atoms with Crippen LogP contribution in [0.15, 0.2) is 16.6 Å². The fourth-order valence-corrected chi connectivity index (χ4v) is 3.17. The highest BCUT2D eigenvalue weighted by Crippen LogP contribution is 2.28. The van der Waals surface area contributed by atoms with E-state index in [0.717, 1.165) is 0 Å². The van der Waals surface area contributed by atoms with Gasteiger partial charge in [-0.15, -0.1) is 0 Å². The molecule has 0 aliphatic carbocycles. The van der Waals surface area contributed by atoms with Gasteiger partial charge in [-0.25, -0.2) is 13.6 Å². The molecule has 144 valence electrons. The van der Waals surface area contributed by atoms with E-state index in [1.54, 1.807) is 33.8 Å². The molecule has 0 saturated heterocycles. The molecule has 1 aliphatic rings. The minimum atomic E-state index is -1.33. The topological polar surface area (TPSA) is 58.6 Å². The van der Waals surface area contributed by atoms with Gasteiger partial charge >= 0.3 is 6.09 Å². The number of nitrogens with one attached hydrogen (secondary N) is 1. The van der Waals surface area contributed by atoms with Crippen molar-refractivity contribution in [2.24, 2.45) is 0 Å². The summed E-state index contributed by atoms with van der Waals surface area (Å²) in [5.74, 6) is -0.910. The molecule has 1 aromatic carbocycles. The number of hydrogen-bond donors (Lipinski definition) is 1. The lowest BCUT2D eigenvalue weighted by Crippen LogP contribution is -2.40. The summed E-state index contributed by atoms with van der Waals surface area (Å²) in [5, 5.41) is 2.58. The first kappa shape index (κ1) is 20.6. The van der Waals surface area contributed by atoms with Crippen molar-refractivity contribution in [1.29, 1.82) is 0 Å². The van der Waals surface area contributed by atoms with E-state index in [-0.39, 0.29) is 35.5 Å². The van der Waals surface area contributed by atoms with Gasteiger partial charge in [0.15, 0.2) is 0 Å². The SMILES string of the molecule is C[C@@H](C[C@@H](F)CN1Cc2cc(Br)c(F)cc2C1=O)NC(=O)OC(C)(C)C. The first-order chi connectivity index (χ1) is 12.0. The quantitative estimate of drug-likeness (QED) is 0.758. The maximum Gasteiger partial charge on any atom is 0.407 e. The molecule has 5 nitrogen and oxygen atoms in total. The molecule has 0 aromatic heterocycles. The molecule has 1 heterocycles. The summed E-state index contributed by atoms with van der Waals surface area (Å²) < 4.78 is 33.4. The van der Waals surface area contributed by atoms with Crippen LogP contribution in [0.5, 0.6) is 0 Å². The second kappa shape index (κ2) is 7.90.